The summed E-state index contributed by atoms with van der Waals surface area (Å²) in [6.07, 6.45) is 0.994. The zero-order valence-corrected chi connectivity index (χ0v) is 10.8. The van der Waals surface area contributed by atoms with Crippen molar-refractivity contribution >= 4 is 11.6 Å². The maximum absolute atomic E-state index is 13.1. The van der Waals surface area contributed by atoms with Crippen molar-refractivity contribution in [2.45, 2.75) is 25.9 Å². The van der Waals surface area contributed by atoms with E-state index in [9.17, 15) is 4.39 Å². The van der Waals surface area contributed by atoms with Gasteiger partial charge in [-0.3, -0.25) is 4.90 Å². The van der Waals surface area contributed by atoms with Crippen molar-refractivity contribution in [1.29, 1.82) is 0 Å². The highest BCUT2D eigenvalue weighted by Crippen LogP contribution is 2.22. The third kappa shape index (κ3) is 3.18. The predicted molar refractivity (Wildman–Crippen MR) is 68.4 cm³/mol. The van der Waals surface area contributed by atoms with Crippen molar-refractivity contribution in [3.63, 3.8) is 0 Å². The summed E-state index contributed by atoms with van der Waals surface area (Å²) in [6.45, 7) is 4.77. The Hall–Kier alpha value is -0.640. The summed E-state index contributed by atoms with van der Waals surface area (Å²) in [5, 5.41) is 0.633. The molecule has 1 aliphatic rings. The van der Waals surface area contributed by atoms with Gasteiger partial charge in [0.1, 0.15) is 5.82 Å². The molecule has 1 aromatic carbocycles. The van der Waals surface area contributed by atoms with Gasteiger partial charge in [-0.25, -0.2) is 4.39 Å². The standard InChI is InChI=1S/C13H18ClFN2/c1-9-7-17(5-4-13(9)16)8-10-6-11(15)2-3-12(10)14/h2-3,6,9,13H,4-5,7-8,16H2,1H3. The van der Waals surface area contributed by atoms with Crippen molar-refractivity contribution in [3.05, 3.63) is 34.6 Å². The van der Waals surface area contributed by atoms with Crippen LogP contribution in [0.25, 0.3) is 0 Å². The molecule has 0 saturated carbocycles. The van der Waals surface area contributed by atoms with Crippen LogP contribution in [0, 0.1) is 11.7 Å². The number of hydrogen-bond acceptors (Lipinski definition) is 2. The molecule has 2 atom stereocenters. The lowest BCUT2D eigenvalue weighted by molar-refractivity contribution is 0.157. The minimum absolute atomic E-state index is 0.230. The summed E-state index contributed by atoms with van der Waals surface area (Å²) in [5.74, 6) is 0.252. The van der Waals surface area contributed by atoms with Crippen LogP contribution in [0.5, 0.6) is 0 Å². The van der Waals surface area contributed by atoms with Gasteiger partial charge in [0.25, 0.3) is 0 Å². The second-order valence-corrected chi connectivity index (χ2v) is 5.31. The van der Waals surface area contributed by atoms with E-state index in [1.165, 1.54) is 12.1 Å². The second-order valence-electron chi connectivity index (χ2n) is 4.90. The number of nitrogens with two attached hydrogens (primary N) is 1. The number of hydrogen-bond donors (Lipinski definition) is 1. The number of likely N-dealkylation sites (tertiary alicyclic amines) is 1. The molecule has 94 valence electrons. The molecule has 1 aliphatic heterocycles. The molecule has 1 fully saturated rings. The number of halogens is 2. The van der Waals surface area contributed by atoms with Gasteiger partial charge in [0, 0.05) is 24.2 Å². The normalized spacial score (nSPS) is 26.1. The third-order valence-electron chi connectivity index (χ3n) is 3.46. The average Bonchev–Trinajstić information content (AvgIpc) is 2.29. The fourth-order valence-corrected chi connectivity index (χ4v) is 2.48. The molecule has 1 saturated heterocycles. The predicted octanol–water partition coefficient (Wildman–Crippen LogP) is 2.65. The lowest BCUT2D eigenvalue weighted by Crippen LogP contribution is -2.45. The monoisotopic (exact) mass is 256 g/mol. The zero-order valence-electron chi connectivity index (χ0n) is 10.00. The highest BCUT2D eigenvalue weighted by molar-refractivity contribution is 6.31. The van der Waals surface area contributed by atoms with E-state index in [2.05, 4.69) is 11.8 Å². The Morgan fingerprint density at radius 2 is 2.29 bits per heavy atom. The molecule has 2 nitrogen and oxygen atoms in total. The van der Waals surface area contributed by atoms with Crippen LogP contribution in [-0.2, 0) is 6.54 Å². The van der Waals surface area contributed by atoms with Crippen LogP contribution in [-0.4, -0.2) is 24.0 Å². The van der Waals surface area contributed by atoms with Crippen molar-refractivity contribution < 1.29 is 4.39 Å². The number of rotatable bonds is 2. The zero-order chi connectivity index (χ0) is 12.4. The lowest BCUT2D eigenvalue weighted by atomic mass is 9.94. The Labute approximate surface area is 107 Å². The molecule has 2 unspecified atom stereocenters. The fourth-order valence-electron chi connectivity index (χ4n) is 2.30. The summed E-state index contributed by atoms with van der Waals surface area (Å²) in [5.41, 5.74) is 6.83. The highest BCUT2D eigenvalue weighted by Gasteiger charge is 2.23. The van der Waals surface area contributed by atoms with E-state index in [0.29, 0.717) is 17.5 Å². The molecule has 1 aromatic rings. The van der Waals surface area contributed by atoms with Crippen LogP contribution in [0.1, 0.15) is 18.9 Å². The molecular weight excluding hydrogens is 239 g/mol. The average molecular weight is 257 g/mol. The largest absolute Gasteiger partial charge is 0.327 e. The van der Waals surface area contributed by atoms with E-state index in [-0.39, 0.29) is 11.9 Å². The minimum atomic E-state index is -0.230. The Morgan fingerprint density at radius 3 is 3.00 bits per heavy atom. The highest BCUT2D eigenvalue weighted by atomic mass is 35.5. The van der Waals surface area contributed by atoms with Crippen LogP contribution in [0.4, 0.5) is 4.39 Å². The minimum Gasteiger partial charge on any atom is -0.327 e. The van der Waals surface area contributed by atoms with Crippen molar-refractivity contribution in [1.82, 2.24) is 4.90 Å². The Balaban J connectivity index is 2.03. The van der Waals surface area contributed by atoms with Gasteiger partial charge in [-0.1, -0.05) is 18.5 Å². The molecule has 2 N–H and O–H groups in total. The van der Waals surface area contributed by atoms with Crippen molar-refractivity contribution in [2.24, 2.45) is 11.7 Å². The first-order valence-corrected chi connectivity index (χ1v) is 6.36. The first kappa shape index (κ1) is 12.8. The van der Waals surface area contributed by atoms with Crippen LogP contribution in [0.2, 0.25) is 5.02 Å². The van der Waals surface area contributed by atoms with Gasteiger partial charge in [0.15, 0.2) is 0 Å². The van der Waals surface area contributed by atoms with E-state index in [4.69, 9.17) is 17.3 Å². The molecule has 0 radical (unpaired) electrons. The van der Waals surface area contributed by atoms with E-state index in [0.717, 1.165) is 25.1 Å². The topological polar surface area (TPSA) is 29.3 Å². The first-order valence-electron chi connectivity index (χ1n) is 5.98. The smallest absolute Gasteiger partial charge is 0.123 e. The van der Waals surface area contributed by atoms with Gasteiger partial charge < -0.3 is 5.73 Å². The first-order chi connectivity index (χ1) is 8.06. The van der Waals surface area contributed by atoms with E-state index in [1.807, 2.05) is 0 Å². The van der Waals surface area contributed by atoms with Crippen LogP contribution >= 0.6 is 11.6 Å². The Morgan fingerprint density at radius 1 is 1.53 bits per heavy atom. The Bertz CT molecular complexity index is 397. The molecule has 17 heavy (non-hydrogen) atoms. The van der Waals surface area contributed by atoms with Crippen molar-refractivity contribution in [3.8, 4) is 0 Å². The molecule has 0 aliphatic carbocycles. The van der Waals surface area contributed by atoms with Gasteiger partial charge in [-0.15, -0.1) is 0 Å². The Kier molecular flexibility index (Phi) is 4.02. The quantitative estimate of drug-likeness (QED) is 0.882. The molecule has 0 spiro atoms. The number of piperidine rings is 1. The van der Waals surface area contributed by atoms with Gasteiger partial charge in [-0.2, -0.15) is 0 Å². The summed E-state index contributed by atoms with van der Waals surface area (Å²) in [7, 11) is 0. The van der Waals surface area contributed by atoms with E-state index >= 15 is 0 Å². The lowest BCUT2D eigenvalue weighted by Gasteiger charge is -2.35. The molecule has 0 amide bonds. The molecule has 0 bridgehead atoms. The summed E-state index contributed by atoms with van der Waals surface area (Å²) >= 11 is 6.06. The van der Waals surface area contributed by atoms with Crippen LogP contribution in [0.15, 0.2) is 18.2 Å². The summed E-state index contributed by atoms with van der Waals surface area (Å²) in [6, 6.07) is 4.81. The molecule has 2 rings (SSSR count). The molecular formula is C13H18ClFN2. The molecule has 0 aromatic heterocycles. The maximum Gasteiger partial charge on any atom is 0.123 e. The maximum atomic E-state index is 13.1. The molecule has 1 heterocycles. The van der Waals surface area contributed by atoms with E-state index in [1.54, 1.807) is 6.07 Å². The second kappa shape index (κ2) is 5.34. The van der Waals surface area contributed by atoms with Gasteiger partial charge in [0.05, 0.1) is 0 Å². The van der Waals surface area contributed by atoms with Gasteiger partial charge >= 0.3 is 0 Å². The van der Waals surface area contributed by atoms with Crippen molar-refractivity contribution in [2.75, 3.05) is 13.1 Å². The molecule has 4 heteroatoms. The number of benzene rings is 1. The SMILES string of the molecule is CC1CN(Cc2cc(F)ccc2Cl)CCC1N. The van der Waals surface area contributed by atoms with Crippen LogP contribution in [0.3, 0.4) is 0 Å². The third-order valence-corrected chi connectivity index (χ3v) is 3.83. The van der Waals surface area contributed by atoms with E-state index < -0.39 is 0 Å². The van der Waals surface area contributed by atoms with Crippen LogP contribution < -0.4 is 5.73 Å². The number of nitrogens with zero attached hydrogens (tertiary/aromatic N) is 1. The fraction of sp³-hybridized carbons (Fsp3) is 0.538. The summed E-state index contributed by atoms with van der Waals surface area (Å²) < 4.78 is 13.1. The van der Waals surface area contributed by atoms with Gasteiger partial charge in [0.2, 0.25) is 0 Å². The van der Waals surface area contributed by atoms with Gasteiger partial charge in [-0.05, 0) is 42.6 Å². The summed E-state index contributed by atoms with van der Waals surface area (Å²) in [4.78, 5) is 2.29.